The van der Waals surface area contributed by atoms with E-state index in [2.05, 4.69) is 36.5 Å². The van der Waals surface area contributed by atoms with Gasteiger partial charge in [0, 0.05) is 6.54 Å². The van der Waals surface area contributed by atoms with Gasteiger partial charge in [0.05, 0.1) is 12.2 Å². The molecule has 0 saturated heterocycles. The van der Waals surface area contributed by atoms with Crippen LogP contribution in [0.15, 0.2) is 72.1 Å². The van der Waals surface area contributed by atoms with E-state index in [0.717, 1.165) is 30.3 Å². The molecule has 27 heavy (non-hydrogen) atoms. The zero-order chi connectivity index (χ0) is 19.1. The van der Waals surface area contributed by atoms with E-state index in [1.165, 1.54) is 11.1 Å². The first kappa shape index (κ1) is 18.9. The molecule has 4 heteroatoms. The van der Waals surface area contributed by atoms with Gasteiger partial charge in [0.25, 0.3) is 0 Å². The fourth-order valence-electron chi connectivity index (χ4n) is 3.16. The normalized spacial score (nSPS) is 18.6. The molecule has 0 spiro atoms. The summed E-state index contributed by atoms with van der Waals surface area (Å²) in [5.74, 6) is -0.913. The fourth-order valence-corrected chi connectivity index (χ4v) is 3.16. The van der Waals surface area contributed by atoms with Crippen LogP contribution in [0.2, 0.25) is 0 Å². The minimum absolute atomic E-state index is 0.0821. The molecule has 0 fully saturated rings. The van der Waals surface area contributed by atoms with Crippen molar-refractivity contribution in [2.45, 2.75) is 32.3 Å². The SMILES string of the molecule is CCc1ccc(CCNC(=O)C(C=O)CC2=CC3=CC(C=C2)OC=C3)cc1. The van der Waals surface area contributed by atoms with E-state index < -0.39 is 5.92 Å². The van der Waals surface area contributed by atoms with Gasteiger partial charge >= 0.3 is 0 Å². The smallest absolute Gasteiger partial charge is 0.230 e. The lowest BCUT2D eigenvalue weighted by atomic mass is 9.98. The number of fused-ring (bicyclic) bond motifs is 1. The van der Waals surface area contributed by atoms with Crippen molar-refractivity contribution in [3.63, 3.8) is 0 Å². The Morgan fingerprint density at radius 3 is 2.74 bits per heavy atom. The number of carbonyl (C=O) groups is 2. The Balaban J connectivity index is 1.52. The molecule has 4 nitrogen and oxygen atoms in total. The van der Waals surface area contributed by atoms with Gasteiger partial charge in [0.1, 0.15) is 12.4 Å². The van der Waals surface area contributed by atoms with Crippen molar-refractivity contribution >= 4 is 12.2 Å². The van der Waals surface area contributed by atoms with Crippen LogP contribution in [-0.4, -0.2) is 24.8 Å². The summed E-state index contributed by atoms with van der Waals surface area (Å²) in [5.41, 5.74) is 4.46. The number of amides is 1. The summed E-state index contributed by atoms with van der Waals surface area (Å²) in [6.07, 6.45) is 14.2. The van der Waals surface area contributed by atoms with E-state index in [-0.39, 0.29) is 12.0 Å². The lowest BCUT2D eigenvalue weighted by molar-refractivity contribution is -0.128. The Bertz CT molecular complexity index is 799. The van der Waals surface area contributed by atoms with Gasteiger partial charge in [-0.15, -0.1) is 0 Å². The number of allylic oxidation sites excluding steroid dienone is 5. The number of rotatable bonds is 8. The number of carbonyl (C=O) groups excluding carboxylic acids is 2. The summed E-state index contributed by atoms with van der Waals surface area (Å²) >= 11 is 0. The minimum Gasteiger partial charge on any atom is -0.490 e. The summed E-state index contributed by atoms with van der Waals surface area (Å²) in [6.45, 7) is 2.65. The molecule has 1 aliphatic carbocycles. The highest BCUT2D eigenvalue weighted by atomic mass is 16.5. The van der Waals surface area contributed by atoms with E-state index in [1.807, 2.05) is 30.4 Å². The second-order valence-electron chi connectivity index (χ2n) is 6.81. The molecule has 3 rings (SSSR count). The Kier molecular flexibility index (Phi) is 6.42. The number of benzene rings is 1. The third kappa shape index (κ3) is 5.30. The molecule has 140 valence electrons. The molecule has 2 atom stereocenters. The predicted molar refractivity (Wildman–Crippen MR) is 106 cm³/mol. The molecule has 1 N–H and O–H groups in total. The first-order valence-corrected chi connectivity index (χ1v) is 9.41. The van der Waals surface area contributed by atoms with Crippen LogP contribution in [0.1, 0.15) is 24.5 Å². The third-order valence-corrected chi connectivity index (χ3v) is 4.81. The number of nitrogens with one attached hydrogen (secondary N) is 1. The molecule has 1 aromatic rings. The highest BCUT2D eigenvalue weighted by Gasteiger charge is 2.20. The molecular formula is C23H25NO3. The maximum Gasteiger partial charge on any atom is 0.230 e. The molecule has 0 aromatic heterocycles. The van der Waals surface area contributed by atoms with Gasteiger partial charge in [-0.1, -0.05) is 43.3 Å². The van der Waals surface area contributed by atoms with Gasteiger partial charge in [-0.3, -0.25) is 4.79 Å². The van der Waals surface area contributed by atoms with E-state index in [4.69, 9.17) is 4.74 Å². The third-order valence-electron chi connectivity index (χ3n) is 4.81. The Hall–Kier alpha value is -2.88. The van der Waals surface area contributed by atoms with E-state index in [9.17, 15) is 9.59 Å². The fraction of sp³-hybridized carbons (Fsp3) is 0.304. The summed E-state index contributed by atoms with van der Waals surface area (Å²) in [6, 6.07) is 8.40. The van der Waals surface area contributed by atoms with Crippen LogP contribution < -0.4 is 5.32 Å². The average Bonchev–Trinajstić information content (AvgIpc) is 2.83. The van der Waals surface area contributed by atoms with Crippen LogP contribution >= 0.6 is 0 Å². The van der Waals surface area contributed by atoms with Crippen LogP contribution in [0, 0.1) is 5.92 Å². The maximum atomic E-state index is 12.4. The van der Waals surface area contributed by atoms with Crippen LogP contribution in [0.5, 0.6) is 0 Å². The molecule has 1 heterocycles. The maximum absolute atomic E-state index is 12.4. The highest BCUT2D eigenvalue weighted by Crippen LogP contribution is 2.22. The molecule has 1 aliphatic heterocycles. The summed E-state index contributed by atoms with van der Waals surface area (Å²) in [7, 11) is 0. The largest absolute Gasteiger partial charge is 0.490 e. The lowest BCUT2D eigenvalue weighted by Gasteiger charge is -2.12. The topological polar surface area (TPSA) is 55.4 Å². The molecule has 2 unspecified atom stereocenters. The van der Waals surface area contributed by atoms with Crippen LogP contribution in [0.3, 0.4) is 0 Å². The van der Waals surface area contributed by atoms with E-state index in [1.54, 1.807) is 6.26 Å². The highest BCUT2D eigenvalue weighted by molar-refractivity contribution is 5.92. The Labute approximate surface area is 160 Å². The first-order chi connectivity index (χ1) is 13.2. The summed E-state index contributed by atoms with van der Waals surface area (Å²) < 4.78 is 5.44. The van der Waals surface area contributed by atoms with E-state index in [0.29, 0.717) is 13.0 Å². The van der Waals surface area contributed by atoms with Crippen LogP contribution in [-0.2, 0) is 27.2 Å². The zero-order valence-electron chi connectivity index (χ0n) is 15.6. The number of aldehydes is 1. The Morgan fingerprint density at radius 2 is 2.00 bits per heavy atom. The first-order valence-electron chi connectivity index (χ1n) is 9.41. The molecule has 2 bridgehead atoms. The van der Waals surface area contributed by atoms with Crippen molar-refractivity contribution < 1.29 is 14.3 Å². The van der Waals surface area contributed by atoms with Crippen LogP contribution in [0.4, 0.5) is 0 Å². The summed E-state index contributed by atoms with van der Waals surface area (Å²) in [4.78, 5) is 23.9. The van der Waals surface area contributed by atoms with Gasteiger partial charge in [-0.2, -0.15) is 0 Å². The monoisotopic (exact) mass is 363 g/mol. The van der Waals surface area contributed by atoms with Gasteiger partial charge < -0.3 is 14.8 Å². The van der Waals surface area contributed by atoms with Gasteiger partial charge in [0.15, 0.2) is 0 Å². The molecule has 1 aromatic carbocycles. The lowest BCUT2D eigenvalue weighted by Crippen LogP contribution is -2.33. The van der Waals surface area contributed by atoms with Crippen LogP contribution in [0.25, 0.3) is 0 Å². The van der Waals surface area contributed by atoms with E-state index >= 15 is 0 Å². The molecule has 1 amide bonds. The quantitative estimate of drug-likeness (QED) is 0.569. The van der Waals surface area contributed by atoms with Gasteiger partial charge in [0.2, 0.25) is 5.91 Å². The second-order valence-corrected chi connectivity index (χ2v) is 6.81. The molecule has 0 radical (unpaired) electrons. The van der Waals surface area contributed by atoms with Crippen molar-refractivity contribution in [2.75, 3.05) is 6.54 Å². The number of ether oxygens (including phenoxy) is 1. The van der Waals surface area contributed by atoms with Crippen molar-refractivity contribution in [1.29, 1.82) is 0 Å². The minimum atomic E-state index is -0.688. The predicted octanol–water partition coefficient (Wildman–Crippen LogP) is 3.45. The van der Waals surface area contributed by atoms with Gasteiger partial charge in [-0.25, -0.2) is 0 Å². The van der Waals surface area contributed by atoms with Crippen molar-refractivity contribution in [2.24, 2.45) is 5.92 Å². The van der Waals surface area contributed by atoms with Crippen molar-refractivity contribution in [3.05, 3.63) is 83.2 Å². The van der Waals surface area contributed by atoms with Gasteiger partial charge in [-0.05, 0) is 59.8 Å². The molecular weight excluding hydrogens is 338 g/mol. The average molecular weight is 363 g/mol. The number of hydrogen-bond acceptors (Lipinski definition) is 3. The molecule has 0 saturated carbocycles. The standard InChI is InChI=1S/C23H25NO3/c1-2-17-3-5-18(6-4-17)9-11-24-23(26)21(16-25)14-19-7-8-22-15-20(13-19)10-12-27-22/h3-8,10,12-13,15-16,21-22H,2,9,11,14H2,1H3,(H,24,26). The Morgan fingerprint density at radius 1 is 1.22 bits per heavy atom. The number of aryl methyl sites for hydroxylation is 1. The zero-order valence-corrected chi connectivity index (χ0v) is 15.6. The number of hydrogen-bond donors (Lipinski definition) is 1. The van der Waals surface area contributed by atoms with Crippen molar-refractivity contribution in [1.82, 2.24) is 5.32 Å². The molecule has 2 aliphatic rings. The summed E-state index contributed by atoms with van der Waals surface area (Å²) in [5, 5.41) is 2.89. The van der Waals surface area contributed by atoms with Crippen molar-refractivity contribution in [3.8, 4) is 0 Å². The second kappa shape index (κ2) is 9.17.